The van der Waals surface area contributed by atoms with Crippen molar-refractivity contribution in [2.75, 3.05) is 11.9 Å². The van der Waals surface area contributed by atoms with Crippen LogP contribution in [-0.4, -0.2) is 17.7 Å². The first-order chi connectivity index (χ1) is 13.6. The van der Waals surface area contributed by atoms with Gasteiger partial charge < -0.3 is 19.9 Å². The SMILES string of the molecule is CCCCOc1ccc2cc3c(cc2c1)Oc1cc(C#N)cc(C(=O)O)c1N3. The highest BCUT2D eigenvalue weighted by atomic mass is 16.5. The van der Waals surface area contributed by atoms with E-state index in [2.05, 4.69) is 12.2 Å². The number of carbonyl (C=O) groups is 1. The molecule has 6 nitrogen and oxygen atoms in total. The van der Waals surface area contributed by atoms with Crippen LogP contribution >= 0.6 is 0 Å². The third-order valence-corrected chi connectivity index (χ3v) is 4.62. The average Bonchev–Trinajstić information content (AvgIpc) is 2.70. The molecule has 0 atom stereocenters. The highest BCUT2D eigenvalue weighted by Gasteiger charge is 2.24. The van der Waals surface area contributed by atoms with Crippen molar-refractivity contribution in [2.45, 2.75) is 19.8 Å². The van der Waals surface area contributed by atoms with Crippen LogP contribution < -0.4 is 14.8 Å². The molecule has 1 aliphatic heterocycles. The minimum Gasteiger partial charge on any atom is -0.494 e. The fourth-order valence-electron chi connectivity index (χ4n) is 3.17. The molecule has 2 N–H and O–H groups in total. The molecule has 6 heteroatoms. The molecule has 0 bridgehead atoms. The van der Waals surface area contributed by atoms with Crippen molar-refractivity contribution in [3.8, 4) is 23.3 Å². The molecule has 3 aromatic rings. The Kier molecular flexibility index (Phi) is 4.50. The maximum absolute atomic E-state index is 11.6. The third-order valence-electron chi connectivity index (χ3n) is 4.62. The van der Waals surface area contributed by atoms with Crippen LogP contribution in [0.5, 0.6) is 17.2 Å². The Morgan fingerprint density at radius 2 is 2.04 bits per heavy atom. The fourth-order valence-corrected chi connectivity index (χ4v) is 3.17. The summed E-state index contributed by atoms with van der Waals surface area (Å²) in [6.07, 6.45) is 2.07. The maximum atomic E-state index is 11.6. The van der Waals surface area contributed by atoms with Gasteiger partial charge in [-0.3, -0.25) is 0 Å². The van der Waals surface area contributed by atoms with E-state index in [9.17, 15) is 9.90 Å². The largest absolute Gasteiger partial charge is 0.494 e. The van der Waals surface area contributed by atoms with E-state index >= 15 is 0 Å². The normalized spacial score (nSPS) is 11.6. The Hall–Kier alpha value is -3.72. The Morgan fingerprint density at radius 3 is 2.79 bits per heavy atom. The number of anilines is 2. The maximum Gasteiger partial charge on any atom is 0.338 e. The van der Waals surface area contributed by atoms with Crippen molar-refractivity contribution in [2.24, 2.45) is 0 Å². The summed E-state index contributed by atoms with van der Waals surface area (Å²) < 4.78 is 11.7. The number of ether oxygens (including phenoxy) is 2. The van der Waals surface area contributed by atoms with Crippen LogP contribution in [0.3, 0.4) is 0 Å². The quantitative estimate of drug-likeness (QED) is 0.452. The summed E-state index contributed by atoms with van der Waals surface area (Å²) in [6.45, 7) is 2.79. The lowest BCUT2D eigenvalue weighted by molar-refractivity contribution is 0.0697. The number of fused-ring (bicyclic) bond motifs is 3. The highest BCUT2D eigenvalue weighted by Crippen LogP contribution is 2.46. The molecule has 0 aromatic heterocycles. The first-order valence-corrected chi connectivity index (χ1v) is 9.06. The molecule has 1 aliphatic rings. The molecule has 1 heterocycles. The minimum absolute atomic E-state index is 0.000492. The number of carboxylic acids is 1. The van der Waals surface area contributed by atoms with Crippen LogP contribution in [0, 0.1) is 11.3 Å². The number of nitrogens with one attached hydrogen (secondary N) is 1. The first kappa shape index (κ1) is 17.7. The van der Waals surface area contributed by atoms with Crippen molar-refractivity contribution >= 4 is 28.1 Å². The molecule has 0 saturated carbocycles. The fraction of sp³-hybridized carbons (Fsp3) is 0.182. The summed E-state index contributed by atoms with van der Waals surface area (Å²) in [7, 11) is 0. The van der Waals surface area contributed by atoms with Crippen LogP contribution in [0.4, 0.5) is 11.4 Å². The van der Waals surface area contributed by atoms with E-state index in [1.165, 1.54) is 12.1 Å². The molecule has 0 unspecified atom stereocenters. The van der Waals surface area contributed by atoms with Crippen LogP contribution in [-0.2, 0) is 0 Å². The molecular formula is C22H18N2O4. The molecule has 0 saturated heterocycles. The van der Waals surface area contributed by atoms with Gasteiger partial charge in [0.25, 0.3) is 0 Å². The molecule has 0 aliphatic carbocycles. The Morgan fingerprint density at radius 1 is 1.18 bits per heavy atom. The summed E-state index contributed by atoms with van der Waals surface area (Å²) in [4.78, 5) is 11.6. The van der Waals surface area contributed by atoms with E-state index in [0.717, 1.165) is 29.4 Å². The second-order valence-corrected chi connectivity index (χ2v) is 6.60. The van der Waals surface area contributed by atoms with Crippen LogP contribution in [0.2, 0.25) is 0 Å². The highest BCUT2D eigenvalue weighted by molar-refractivity contribution is 6.00. The van der Waals surface area contributed by atoms with E-state index in [1.807, 2.05) is 36.4 Å². The van der Waals surface area contributed by atoms with E-state index in [-0.39, 0.29) is 11.1 Å². The van der Waals surface area contributed by atoms with Crippen molar-refractivity contribution in [3.05, 3.63) is 53.6 Å². The number of aromatic carboxylic acids is 1. The van der Waals surface area contributed by atoms with Gasteiger partial charge in [0, 0.05) is 6.07 Å². The zero-order valence-corrected chi connectivity index (χ0v) is 15.3. The Bertz CT molecular complexity index is 1130. The lowest BCUT2D eigenvalue weighted by Gasteiger charge is -2.24. The second kappa shape index (κ2) is 7.12. The number of nitrogens with zero attached hydrogens (tertiary/aromatic N) is 1. The summed E-state index contributed by atoms with van der Waals surface area (Å²) in [5, 5.41) is 23.7. The van der Waals surface area contributed by atoms with E-state index < -0.39 is 5.97 Å². The molecular weight excluding hydrogens is 356 g/mol. The zero-order valence-electron chi connectivity index (χ0n) is 15.3. The van der Waals surface area contributed by atoms with Gasteiger partial charge in [-0.25, -0.2) is 4.79 Å². The van der Waals surface area contributed by atoms with Gasteiger partial charge in [0.2, 0.25) is 0 Å². The van der Waals surface area contributed by atoms with Gasteiger partial charge in [0.15, 0.2) is 11.5 Å². The summed E-state index contributed by atoms with van der Waals surface area (Å²) in [5.41, 5.74) is 1.25. The summed E-state index contributed by atoms with van der Waals surface area (Å²) in [5.74, 6) is 0.559. The number of nitriles is 1. The van der Waals surface area contributed by atoms with Crippen molar-refractivity contribution in [1.29, 1.82) is 5.26 Å². The van der Waals surface area contributed by atoms with Crippen LogP contribution in [0.15, 0.2) is 42.5 Å². The standard InChI is InChI=1S/C22H18N2O4/c1-2-3-6-27-16-5-4-14-10-18-19(11-15(14)9-16)28-20-8-13(12-23)7-17(22(25)26)21(20)24-18/h4-5,7-11,24H,2-3,6H2,1H3,(H,25,26). The number of rotatable bonds is 5. The first-order valence-electron chi connectivity index (χ1n) is 9.06. The van der Waals surface area contributed by atoms with Gasteiger partial charge in [0.1, 0.15) is 5.75 Å². The van der Waals surface area contributed by atoms with Crippen LogP contribution in [0.25, 0.3) is 10.8 Å². The van der Waals surface area contributed by atoms with Crippen molar-refractivity contribution < 1.29 is 19.4 Å². The lowest BCUT2D eigenvalue weighted by atomic mass is 10.0. The summed E-state index contributed by atoms with van der Waals surface area (Å²) in [6, 6.07) is 14.5. The number of unbranched alkanes of at least 4 members (excludes halogenated alkanes) is 1. The van der Waals surface area contributed by atoms with Gasteiger partial charge in [0.05, 0.1) is 35.2 Å². The molecule has 140 valence electrons. The second-order valence-electron chi connectivity index (χ2n) is 6.60. The van der Waals surface area contributed by atoms with Gasteiger partial charge >= 0.3 is 5.97 Å². The molecule has 0 spiro atoms. The van der Waals surface area contributed by atoms with E-state index in [0.29, 0.717) is 29.5 Å². The van der Waals surface area contributed by atoms with E-state index in [1.54, 1.807) is 0 Å². The van der Waals surface area contributed by atoms with Gasteiger partial charge in [-0.2, -0.15) is 5.26 Å². The number of hydrogen-bond donors (Lipinski definition) is 2. The zero-order chi connectivity index (χ0) is 19.7. The molecule has 3 aromatic carbocycles. The molecule has 4 rings (SSSR count). The molecule has 28 heavy (non-hydrogen) atoms. The Labute approximate surface area is 161 Å². The lowest BCUT2D eigenvalue weighted by Crippen LogP contribution is -2.09. The number of hydrogen-bond acceptors (Lipinski definition) is 5. The van der Waals surface area contributed by atoms with Gasteiger partial charge in [-0.15, -0.1) is 0 Å². The number of benzene rings is 3. The summed E-state index contributed by atoms with van der Waals surface area (Å²) >= 11 is 0. The molecule has 0 radical (unpaired) electrons. The number of carboxylic acid groups (broad SMARTS) is 1. The van der Waals surface area contributed by atoms with Crippen LogP contribution in [0.1, 0.15) is 35.7 Å². The molecule has 0 fully saturated rings. The van der Waals surface area contributed by atoms with Crippen molar-refractivity contribution in [3.63, 3.8) is 0 Å². The smallest absolute Gasteiger partial charge is 0.338 e. The third kappa shape index (κ3) is 3.19. The van der Waals surface area contributed by atoms with E-state index in [4.69, 9.17) is 14.7 Å². The van der Waals surface area contributed by atoms with Gasteiger partial charge in [-0.1, -0.05) is 19.4 Å². The monoisotopic (exact) mass is 374 g/mol. The average molecular weight is 374 g/mol. The van der Waals surface area contributed by atoms with Crippen molar-refractivity contribution in [1.82, 2.24) is 0 Å². The topological polar surface area (TPSA) is 91.6 Å². The predicted molar refractivity (Wildman–Crippen MR) is 106 cm³/mol. The predicted octanol–water partition coefficient (Wildman–Crippen LogP) is 5.44. The molecule has 0 amide bonds. The Balaban J connectivity index is 1.73. The van der Waals surface area contributed by atoms with Gasteiger partial charge in [-0.05, 0) is 47.5 Å². The minimum atomic E-state index is -1.12.